The van der Waals surface area contributed by atoms with Crippen molar-refractivity contribution >= 4 is 5.91 Å². The van der Waals surface area contributed by atoms with Gasteiger partial charge >= 0.3 is 0 Å². The third kappa shape index (κ3) is 5.43. The molecule has 3 heterocycles. The summed E-state index contributed by atoms with van der Waals surface area (Å²) in [5, 5.41) is 11.9. The highest BCUT2D eigenvalue weighted by molar-refractivity contribution is 5.91. The lowest BCUT2D eigenvalue weighted by Crippen LogP contribution is -2.33. The molecule has 4 rings (SSSR count). The van der Waals surface area contributed by atoms with Crippen LogP contribution in [-0.2, 0) is 9.57 Å². The fourth-order valence-electron chi connectivity index (χ4n) is 4.31. The molecule has 9 heteroatoms. The SMILES string of the molecule is CCOC1CCC(C(ONC(=O)c2cccnn2)c2c(-c3ccc(C)nc3)noc2C)CC1. The number of amides is 1. The maximum absolute atomic E-state index is 12.6. The predicted molar refractivity (Wildman–Crippen MR) is 120 cm³/mol. The molecule has 1 atom stereocenters. The summed E-state index contributed by atoms with van der Waals surface area (Å²) in [4.78, 5) is 23.1. The summed E-state index contributed by atoms with van der Waals surface area (Å²) < 4.78 is 11.4. The van der Waals surface area contributed by atoms with Crippen LogP contribution in [0.5, 0.6) is 0 Å². The zero-order valence-corrected chi connectivity index (χ0v) is 19.2. The van der Waals surface area contributed by atoms with E-state index in [2.05, 4.69) is 25.8 Å². The summed E-state index contributed by atoms with van der Waals surface area (Å²) in [6.07, 6.45) is 6.75. The maximum Gasteiger partial charge on any atom is 0.295 e. The van der Waals surface area contributed by atoms with Gasteiger partial charge in [0.2, 0.25) is 0 Å². The topological polar surface area (TPSA) is 112 Å². The predicted octanol–water partition coefficient (Wildman–Crippen LogP) is 4.14. The lowest BCUT2D eigenvalue weighted by molar-refractivity contribution is -0.0672. The molecule has 0 radical (unpaired) electrons. The first-order valence-corrected chi connectivity index (χ1v) is 11.3. The van der Waals surface area contributed by atoms with Gasteiger partial charge in [-0.05, 0) is 76.6 Å². The van der Waals surface area contributed by atoms with Crippen molar-refractivity contribution in [2.45, 2.75) is 58.7 Å². The summed E-state index contributed by atoms with van der Waals surface area (Å²) in [6.45, 7) is 6.52. The maximum atomic E-state index is 12.6. The van der Waals surface area contributed by atoms with Gasteiger partial charge in [-0.1, -0.05) is 5.16 Å². The summed E-state index contributed by atoms with van der Waals surface area (Å²) in [7, 11) is 0. The van der Waals surface area contributed by atoms with Crippen molar-refractivity contribution in [3.05, 3.63) is 59.4 Å². The Hall–Kier alpha value is -3.17. The van der Waals surface area contributed by atoms with Crippen LogP contribution < -0.4 is 5.48 Å². The molecule has 0 aliphatic heterocycles. The monoisotopic (exact) mass is 451 g/mol. The molecule has 3 aromatic rings. The van der Waals surface area contributed by atoms with E-state index in [0.29, 0.717) is 18.1 Å². The van der Waals surface area contributed by atoms with Crippen LogP contribution in [0.25, 0.3) is 11.3 Å². The zero-order chi connectivity index (χ0) is 23.2. The highest BCUT2D eigenvalue weighted by atomic mass is 16.7. The minimum Gasteiger partial charge on any atom is -0.379 e. The lowest BCUT2D eigenvalue weighted by Gasteiger charge is -2.33. The van der Waals surface area contributed by atoms with E-state index in [-0.39, 0.29) is 17.7 Å². The number of nitrogens with zero attached hydrogens (tertiary/aromatic N) is 4. The number of hydroxylamine groups is 1. The van der Waals surface area contributed by atoms with Crippen LogP contribution in [0.3, 0.4) is 0 Å². The van der Waals surface area contributed by atoms with E-state index < -0.39 is 12.0 Å². The van der Waals surface area contributed by atoms with E-state index in [1.54, 1.807) is 18.3 Å². The molecule has 0 aromatic carbocycles. The Labute approximate surface area is 192 Å². The molecule has 1 aliphatic rings. The van der Waals surface area contributed by atoms with Gasteiger partial charge in [0.1, 0.15) is 17.6 Å². The van der Waals surface area contributed by atoms with Gasteiger partial charge in [-0.3, -0.25) is 14.6 Å². The number of ether oxygens (including phenoxy) is 1. The van der Waals surface area contributed by atoms with E-state index in [4.69, 9.17) is 14.1 Å². The Bertz CT molecular complexity index is 1050. The van der Waals surface area contributed by atoms with Crippen LogP contribution in [0.15, 0.2) is 41.2 Å². The third-order valence-electron chi connectivity index (χ3n) is 6.01. The van der Waals surface area contributed by atoms with Gasteiger partial charge in [0.05, 0.1) is 11.7 Å². The van der Waals surface area contributed by atoms with Gasteiger partial charge in [0.15, 0.2) is 5.69 Å². The number of hydrogen-bond donors (Lipinski definition) is 1. The first-order chi connectivity index (χ1) is 16.1. The standard InChI is InChI=1S/C24H29N5O4/c1-4-31-19-11-9-17(10-12-19)23(33-29-24(30)20-6-5-13-26-27-20)21-16(3)32-28-22(21)18-8-7-15(2)25-14-18/h5-8,13-14,17,19,23H,4,9-12H2,1-3H3,(H,29,30). The molecule has 1 unspecified atom stereocenters. The molecular formula is C24H29N5O4. The van der Waals surface area contributed by atoms with Gasteiger partial charge in [-0.15, -0.1) is 5.10 Å². The molecule has 0 spiro atoms. The first-order valence-electron chi connectivity index (χ1n) is 11.3. The van der Waals surface area contributed by atoms with Crippen molar-refractivity contribution in [1.82, 2.24) is 25.8 Å². The second-order valence-corrected chi connectivity index (χ2v) is 8.26. The van der Waals surface area contributed by atoms with Gasteiger partial charge in [-0.2, -0.15) is 5.10 Å². The summed E-state index contributed by atoms with van der Waals surface area (Å²) >= 11 is 0. The quantitative estimate of drug-likeness (QED) is 0.509. The molecule has 1 N–H and O–H groups in total. The third-order valence-corrected chi connectivity index (χ3v) is 6.01. The molecule has 1 aliphatic carbocycles. The van der Waals surface area contributed by atoms with Crippen molar-refractivity contribution in [2.75, 3.05) is 6.61 Å². The number of aromatic nitrogens is 4. The van der Waals surface area contributed by atoms with Crippen molar-refractivity contribution in [2.24, 2.45) is 5.92 Å². The number of pyridine rings is 1. The molecule has 174 valence electrons. The Morgan fingerprint density at radius 2 is 2.03 bits per heavy atom. The first kappa shape index (κ1) is 23.0. The van der Waals surface area contributed by atoms with Crippen LogP contribution in [0.2, 0.25) is 0 Å². The van der Waals surface area contributed by atoms with E-state index in [0.717, 1.165) is 42.5 Å². The molecule has 3 aromatic heterocycles. The molecule has 0 bridgehead atoms. The molecular weight excluding hydrogens is 422 g/mol. The van der Waals surface area contributed by atoms with Gasteiger partial charge in [0.25, 0.3) is 5.91 Å². The minimum absolute atomic E-state index is 0.152. The average molecular weight is 452 g/mol. The smallest absolute Gasteiger partial charge is 0.295 e. The molecule has 1 amide bonds. The van der Waals surface area contributed by atoms with E-state index in [9.17, 15) is 4.79 Å². The van der Waals surface area contributed by atoms with Crippen molar-refractivity contribution < 1.29 is 18.9 Å². The molecule has 33 heavy (non-hydrogen) atoms. The normalized spacial score (nSPS) is 19.2. The number of carbonyl (C=O) groups excluding carboxylic acids is 1. The number of rotatable bonds is 8. The highest BCUT2D eigenvalue weighted by Gasteiger charge is 2.35. The fourth-order valence-corrected chi connectivity index (χ4v) is 4.31. The van der Waals surface area contributed by atoms with Gasteiger partial charge in [0, 0.05) is 30.3 Å². The van der Waals surface area contributed by atoms with Gasteiger partial charge < -0.3 is 9.26 Å². The van der Waals surface area contributed by atoms with Crippen LogP contribution in [0.1, 0.15) is 66.2 Å². The second-order valence-electron chi connectivity index (χ2n) is 8.26. The second kappa shape index (κ2) is 10.6. The number of nitrogens with one attached hydrogen (secondary N) is 1. The van der Waals surface area contributed by atoms with E-state index in [1.165, 1.54) is 6.20 Å². The van der Waals surface area contributed by atoms with Crippen LogP contribution in [0.4, 0.5) is 0 Å². The Balaban J connectivity index is 1.61. The number of aryl methyl sites for hydroxylation is 2. The number of hydrogen-bond acceptors (Lipinski definition) is 8. The zero-order valence-electron chi connectivity index (χ0n) is 19.2. The van der Waals surface area contributed by atoms with Crippen LogP contribution in [0, 0.1) is 19.8 Å². The van der Waals surface area contributed by atoms with Crippen molar-refractivity contribution in [3.63, 3.8) is 0 Å². The van der Waals surface area contributed by atoms with E-state index >= 15 is 0 Å². The summed E-state index contributed by atoms with van der Waals surface area (Å²) in [5.41, 5.74) is 6.00. The lowest BCUT2D eigenvalue weighted by atomic mass is 9.80. The molecule has 0 saturated heterocycles. The molecule has 9 nitrogen and oxygen atoms in total. The van der Waals surface area contributed by atoms with Gasteiger partial charge in [-0.25, -0.2) is 5.48 Å². The molecule has 1 fully saturated rings. The summed E-state index contributed by atoms with van der Waals surface area (Å²) in [6, 6.07) is 7.13. The Kier molecular flexibility index (Phi) is 7.41. The highest BCUT2D eigenvalue weighted by Crippen LogP contribution is 2.42. The fraction of sp³-hybridized carbons (Fsp3) is 0.458. The summed E-state index contributed by atoms with van der Waals surface area (Å²) in [5.74, 6) is 0.346. The van der Waals surface area contributed by atoms with E-state index in [1.807, 2.05) is 32.9 Å². The molecule has 1 saturated carbocycles. The van der Waals surface area contributed by atoms with Crippen LogP contribution in [-0.4, -0.2) is 39.0 Å². The minimum atomic E-state index is -0.455. The van der Waals surface area contributed by atoms with Crippen LogP contribution >= 0.6 is 0 Å². The van der Waals surface area contributed by atoms with Crippen molar-refractivity contribution in [3.8, 4) is 11.3 Å². The van der Waals surface area contributed by atoms with Crippen molar-refractivity contribution in [1.29, 1.82) is 0 Å². The Morgan fingerprint density at radius 3 is 2.70 bits per heavy atom. The number of carbonyl (C=O) groups is 1. The largest absolute Gasteiger partial charge is 0.379 e. The average Bonchev–Trinajstić information content (AvgIpc) is 3.22. The Morgan fingerprint density at radius 1 is 1.21 bits per heavy atom.